The SMILES string of the molecule is CN(Cc1ccccc1Cl)C(=O)c1c(F)cccc1Br. The second-order valence-corrected chi connectivity index (χ2v) is 5.61. The van der Waals surface area contributed by atoms with E-state index in [1.807, 2.05) is 18.2 Å². The monoisotopic (exact) mass is 355 g/mol. The molecule has 0 unspecified atom stereocenters. The molecule has 2 aromatic carbocycles. The Morgan fingerprint density at radius 3 is 2.60 bits per heavy atom. The summed E-state index contributed by atoms with van der Waals surface area (Å²) in [4.78, 5) is 13.7. The highest BCUT2D eigenvalue weighted by molar-refractivity contribution is 9.10. The van der Waals surface area contributed by atoms with Gasteiger partial charge in [0.15, 0.2) is 0 Å². The maximum Gasteiger partial charge on any atom is 0.258 e. The zero-order valence-corrected chi connectivity index (χ0v) is 13.1. The molecule has 0 heterocycles. The molecule has 0 saturated heterocycles. The van der Waals surface area contributed by atoms with Gasteiger partial charge in [-0.1, -0.05) is 35.9 Å². The minimum Gasteiger partial charge on any atom is -0.337 e. The summed E-state index contributed by atoms with van der Waals surface area (Å²) >= 11 is 9.26. The molecular weight excluding hydrogens is 345 g/mol. The molecule has 0 spiro atoms. The van der Waals surface area contributed by atoms with E-state index < -0.39 is 11.7 Å². The summed E-state index contributed by atoms with van der Waals surface area (Å²) in [5.74, 6) is -0.940. The Bertz CT molecular complexity index is 627. The second-order valence-electron chi connectivity index (χ2n) is 4.35. The topological polar surface area (TPSA) is 20.3 Å². The summed E-state index contributed by atoms with van der Waals surface area (Å²) in [6.07, 6.45) is 0. The molecule has 5 heteroatoms. The fourth-order valence-corrected chi connectivity index (χ4v) is 2.55. The quantitative estimate of drug-likeness (QED) is 0.792. The van der Waals surface area contributed by atoms with Crippen molar-refractivity contribution in [3.05, 3.63) is 68.9 Å². The van der Waals surface area contributed by atoms with Gasteiger partial charge in [0.1, 0.15) is 5.82 Å². The van der Waals surface area contributed by atoms with Gasteiger partial charge in [0.2, 0.25) is 0 Å². The van der Waals surface area contributed by atoms with Gasteiger partial charge in [-0.15, -0.1) is 0 Å². The van der Waals surface area contributed by atoms with Crippen LogP contribution in [-0.4, -0.2) is 17.9 Å². The van der Waals surface area contributed by atoms with Crippen molar-refractivity contribution in [1.29, 1.82) is 0 Å². The minimum absolute atomic E-state index is 0.0297. The van der Waals surface area contributed by atoms with Crippen LogP contribution in [-0.2, 0) is 6.54 Å². The van der Waals surface area contributed by atoms with Crippen molar-refractivity contribution in [2.45, 2.75) is 6.54 Å². The maximum atomic E-state index is 13.8. The third-order valence-electron chi connectivity index (χ3n) is 2.89. The van der Waals surface area contributed by atoms with E-state index in [0.717, 1.165) is 5.56 Å². The first-order valence-corrected chi connectivity index (χ1v) is 7.10. The van der Waals surface area contributed by atoms with Crippen LogP contribution >= 0.6 is 27.5 Å². The Hall–Kier alpha value is -1.39. The van der Waals surface area contributed by atoms with E-state index in [0.29, 0.717) is 16.0 Å². The number of nitrogens with zero attached hydrogens (tertiary/aromatic N) is 1. The zero-order valence-electron chi connectivity index (χ0n) is 10.7. The van der Waals surface area contributed by atoms with E-state index >= 15 is 0 Å². The van der Waals surface area contributed by atoms with E-state index in [4.69, 9.17) is 11.6 Å². The van der Waals surface area contributed by atoms with Crippen LogP contribution < -0.4 is 0 Å². The Kier molecular flexibility index (Phi) is 4.78. The normalized spacial score (nSPS) is 10.4. The van der Waals surface area contributed by atoms with Gasteiger partial charge >= 0.3 is 0 Å². The predicted molar refractivity (Wildman–Crippen MR) is 81.3 cm³/mol. The van der Waals surface area contributed by atoms with E-state index in [1.54, 1.807) is 25.2 Å². The average Bonchev–Trinajstić information content (AvgIpc) is 2.41. The second kappa shape index (κ2) is 6.37. The molecule has 0 aliphatic rings. The van der Waals surface area contributed by atoms with Crippen molar-refractivity contribution >= 4 is 33.4 Å². The molecular formula is C15H12BrClFNO. The van der Waals surface area contributed by atoms with E-state index in [-0.39, 0.29) is 5.56 Å². The molecule has 0 aliphatic heterocycles. The molecule has 2 nitrogen and oxygen atoms in total. The number of amides is 1. The van der Waals surface area contributed by atoms with Crippen LogP contribution in [0.2, 0.25) is 5.02 Å². The van der Waals surface area contributed by atoms with Crippen LogP contribution in [0, 0.1) is 5.82 Å². The molecule has 0 bridgehead atoms. The first-order chi connectivity index (χ1) is 9.50. The molecule has 1 amide bonds. The molecule has 0 atom stereocenters. The highest BCUT2D eigenvalue weighted by Crippen LogP contribution is 2.23. The summed E-state index contributed by atoms with van der Waals surface area (Å²) in [6, 6.07) is 11.7. The van der Waals surface area contributed by atoms with Crippen LogP contribution in [0.15, 0.2) is 46.9 Å². The van der Waals surface area contributed by atoms with Crippen molar-refractivity contribution in [2.75, 3.05) is 7.05 Å². The maximum absolute atomic E-state index is 13.8. The third-order valence-corrected chi connectivity index (χ3v) is 3.92. The number of halogens is 3. The van der Waals surface area contributed by atoms with Crippen molar-refractivity contribution in [1.82, 2.24) is 4.90 Å². The van der Waals surface area contributed by atoms with Crippen LogP contribution in [0.1, 0.15) is 15.9 Å². The molecule has 0 aromatic heterocycles. The fraction of sp³-hybridized carbons (Fsp3) is 0.133. The van der Waals surface area contributed by atoms with Crippen LogP contribution in [0.5, 0.6) is 0 Å². The molecule has 0 fully saturated rings. The molecule has 20 heavy (non-hydrogen) atoms. The lowest BCUT2D eigenvalue weighted by Crippen LogP contribution is -2.27. The van der Waals surface area contributed by atoms with Crippen molar-refractivity contribution in [3.8, 4) is 0 Å². The van der Waals surface area contributed by atoms with Crippen molar-refractivity contribution < 1.29 is 9.18 Å². The number of benzene rings is 2. The van der Waals surface area contributed by atoms with Crippen LogP contribution in [0.3, 0.4) is 0 Å². The van der Waals surface area contributed by atoms with Gasteiger partial charge in [-0.2, -0.15) is 0 Å². The van der Waals surface area contributed by atoms with Crippen molar-refractivity contribution in [2.24, 2.45) is 0 Å². The fourth-order valence-electron chi connectivity index (χ4n) is 1.85. The summed E-state index contributed by atoms with van der Waals surface area (Å²) in [5, 5.41) is 0.583. The van der Waals surface area contributed by atoms with Crippen LogP contribution in [0.4, 0.5) is 4.39 Å². The van der Waals surface area contributed by atoms with Gasteiger partial charge in [-0.05, 0) is 39.7 Å². The summed E-state index contributed by atoms with van der Waals surface area (Å²) < 4.78 is 14.2. The molecule has 2 aromatic rings. The molecule has 2 rings (SSSR count). The highest BCUT2D eigenvalue weighted by Gasteiger charge is 2.19. The van der Waals surface area contributed by atoms with E-state index in [9.17, 15) is 9.18 Å². The van der Waals surface area contributed by atoms with Gasteiger partial charge < -0.3 is 4.90 Å². The minimum atomic E-state index is -0.546. The van der Waals surface area contributed by atoms with Gasteiger partial charge in [-0.3, -0.25) is 4.79 Å². The third kappa shape index (κ3) is 3.19. The van der Waals surface area contributed by atoms with Gasteiger partial charge in [0.25, 0.3) is 5.91 Å². The Morgan fingerprint density at radius 1 is 1.25 bits per heavy atom. The first-order valence-electron chi connectivity index (χ1n) is 5.93. The zero-order chi connectivity index (χ0) is 14.7. The van der Waals surface area contributed by atoms with Gasteiger partial charge in [0, 0.05) is 23.1 Å². The molecule has 0 aliphatic carbocycles. The smallest absolute Gasteiger partial charge is 0.258 e. The number of carbonyl (C=O) groups excluding carboxylic acids is 1. The Labute approximate surface area is 130 Å². The molecule has 104 valence electrons. The van der Waals surface area contributed by atoms with Gasteiger partial charge in [-0.25, -0.2) is 4.39 Å². The van der Waals surface area contributed by atoms with E-state index in [1.165, 1.54) is 11.0 Å². The molecule has 0 saturated carbocycles. The van der Waals surface area contributed by atoms with E-state index in [2.05, 4.69) is 15.9 Å². The highest BCUT2D eigenvalue weighted by atomic mass is 79.9. The number of hydrogen-bond acceptors (Lipinski definition) is 1. The first kappa shape index (κ1) is 15.0. The Balaban J connectivity index is 2.24. The van der Waals surface area contributed by atoms with Gasteiger partial charge in [0.05, 0.1) is 5.56 Å². The number of rotatable bonds is 3. The van der Waals surface area contributed by atoms with Crippen LogP contribution in [0.25, 0.3) is 0 Å². The largest absolute Gasteiger partial charge is 0.337 e. The lowest BCUT2D eigenvalue weighted by atomic mass is 10.1. The lowest BCUT2D eigenvalue weighted by Gasteiger charge is -2.19. The summed E-state index contributed by atoms with van der Waals surface area (Å²) in [7, 11) is 1.62. The molecule has 0 radical (unpaired) electrons. The number of hydrogen-bond donors (Lipinski definition) is 0. The summed E-state index contributed by atoms with van der Waals surface area (Å²) in [5.41, 5.74) is 0.847. The number of carbonyl (C=O) groups is 1. The standard InChI is InChI=1S/C15H12BrClFNO/c1-19(9-10-5-2-3-7-12(10)17)15(20)14-11(16)6-4-8-13(14)18/h2-8H,9H2,1H3. The van der Waals surface area contributed by atoms with Crippen molar-refractivity contribution in [3.63, 3.8) is 0 Å². The predicted octanol–water partition coefficient (Wildman–Crippen LogP) is 4.51. The summed E-state index contributed by atoms with van der Waals surface area (Å²) in [6.45, 7) is 0.319. The molecule has 0 N–H and O–H groups in total. The Morgan fingerprint density at radius 2 is 1.95 bits per heavy atom. The lowest BCUT2D eigenvalue weighted by molar-refractivity contribution is 0.0779. The average molecular weight is 357 g/mol.